The molecule has 138 valence electrons. The van der Waals surface area contributed by atoms with Gasteiger partial charge in [-0.1, -0.05) is 51.0 Å². The van der Waals surface area contributed by atoms with E-state index >= 15 is 0 Å². The van der Waals surface area contributed by atoms with Gasteiger partial charge >= 0.3 is 0 Å². The molecule has 0 bridgehead atoms. The summed E-state index contributed by atoms with van der Waals surface area (Å²) < 4.78 is 0. The number of rotatable bonds is 6. The Morgan fingerprint density at radius 1 is 0.875 bits per heavy atom. The Labute approximate surface area is 150 Å². The molecule has 2 aliphatic rings. The summed E-state index contributed by atoms with van der Waals surface area (Å²) in [6.45, 7) is 17.5. The van der Waals surface area contributed by atoms with E-state index in [-0.39, 0.29) is 6.61 Å². The standard InChI is InChI=1S/C22H39NO/c1-15-9-17(3)21(18(4)10-15)13-23(7-8-24)14-22-19(5)11-16(2)12-20(22)6/h9,11,17-22,24H,7-8,10,12-14H2,1-6H3/t17-,18-,19+,20-,21+,22+/m0/s1. The van der Waals surface area contributed by atoms with Crippen molar-refractivity contribution in [2.45, 2.75) is 54.4 Å². The molecule has 0 aromatic heterocycles. The van der Waals surface area contributed by atoms with Crippen LogP contribution in [-0.2, 0) is 0 Å². The summed E-state index contributed by atoms with van der Waals surface area (Å²) in [4.78, 5) is 2.55. The summed E-state index contributed by atoms with van der Waals surface area (Å²) in [5.41, 5.74) is 3.10. The first kappa shape index (κ1) is 19.7. The molecule has 0 unspecified atom stereocenters. The highest BCUT2D eigenvalue weighted by molar-refractivity contribution is 5.10. The molecule has 2 nitrogen and oxygen atoms in total. The molecular weight excluding hydrogens is 294 g/mol. The maximum Gasteiger partial charge on any atom is 0.0558 e. The quantitative estimate of drug-likeness (QED) is 0.709. The number of nitrogens with zero attached hydrogens (tertiary/aromatic N) is 1. The second-order valence-corrected chi connectivity index (χ2v) is 8.92. The first-order chi connectivity index (χ1) is 11.3. The van der Waals surface area contributed by atoms with Gasteiger partial charge in [-0.15, -0.1) is 0 Å². The Bertz CT molecular complexity index is 427. The van der Waals surface area contributed by atoms with E-state index in [1.165, 1.54) is 12.8 Å². The Balaban J connectivity index is 2.04. The van der Waals surface area contributed by atoms with E-state index in [2.05, 4.69) is 58.6 Å². The molecule has 0 heterocycles. The normalized spacial score (nSPS) is 37.3. The lowest BCUT2D eigenvalue weighted by Gasteiger charge is -2.41. The van der Waals surface area contributed by atoms with E-state index in [1.54, 1.807) is 11.1 Å². The van der Waals surface area contributed by atoms with Crippen LogP contribution in [0, 0.1) is 35.5 Å². The van der Waals surface area contributed by atoms with Crippen LogP contribution in [0.25, 0.3) is 0 Å². The maximum atomic E-state index is 9.58. The van der Waals surface area contributed by atoms with E-state index in [9.17, 15) is 5.11 Å². The zero-order chi connectivity index (χ0) is 17.9. The van der Waals surface area contributed by atoms with Gasteiger partial charge in [0.05, 0.1) is 6.61 Å². The van der Waals surface area contributed by atoms with Crippen molar-refractivity contribution in [2.24, 2.45) is 35.5 Å². The van der Waals surface area contributed by atoms with Crippen LogP contribution in [0.4, 0.5) is 0 Å². The Morgan fingerprint density at radius 3 is 1.62 bits per heavy atom. The lowest BCUT2D eigenvalue weighted by atomic mass is 9.73. The second-order valence-electron chi connectivity index (χ2n) is 8.92. The van der Waals surface area contributed by atoms with Gasteiger partial charge < -0.3 is 10.0 Å². The summed E-state index contributed by atoms with van der Waals surface area (Å²) in [7, 11) is 0. The van der Waals surface area contributed by atoms with Crippen LogP contribution in [0.3, 0.4) is 0 Å². The molecule has 0 saturated heterocycles. The lowest BCUT2D eigenvalue weighted by molar-refractivity contribution is 0.0960. The number of aliphatic hydroxyl groups is 1. The lowest BCUT2D eigenvalue weighted by Crippen LogP contribution is -2.43. The molecule has 0 aromatic rings. The fraction of sp³-hybridized carbons (Fsp3) is 0.818. The van der Waals surface area contributed by atoms with Gasteiger partial charge in [0.25, 0.3) is 0 Å². The third-order valence-corrected chi connectivity index (χ3v) is 6.55. The molecular formula is C22H39NO. The molecule has 2 aliphatic carbocycles. The van der Waals surface area contributed by atoms with Crippen molar-refractivity contribution < 1.29 is 5.11 Å². The molecule has 6 atom stereocenters. The first-order valence-electron chi connectivity index (χ1n) is 9.99. The predicted molar refractivity (Wildman–Crippen MR) is 104 cm³/mol. The minimum Gasteiger partial charge on any atom is -0.395 e. The highest BCUT2D eigenvalue weighted by Crippen LogP contribution is 2.36. The fourth-order valence-electron chi connectivity index (χ4n) is 5.32. The Hall–Kier alpha value is -0.600. The third-order valence-electron chi connectivity index (χ3n) is 6.55. The van der Waals surface area contributed by atoms with Crippen LogP contribution < -0.4 is 0 Å². The average molecular weight is 334 g/mol. The van der Waals surface area contributed by atoms with Gasteiger partial charge in [0.2, 0.25) is 0 Å². The first-order valence-corrected chi connectivity index (χ1v) is 9.99. The Kier molecular flexibility index (Phi) is 7.12. The minimum absolute atomic E-state index is 0.273. The molecule has 0 aromatic carbocycles. The molecule has 0 saturated carbocycles. The third kappa shape index (κ3) is 4.95. The SMILES string of the molecule is CC1=C[C@@H](C)[C@@H](CN(CCO)C[C@@H]2[C@@H](C)C=C(C)C[C@@H]2C)[C@@H](C)C1. The smallest absolute Gasteiger partial charge is 0.0558 e. The zero-order valence-electron chi connectivity index (χ0n) is 16.8. The fourth-order valence-corrected chi connectivity index (χ4v) is 5.32. The van der Waals surface area contributed by atoms with E-state index in [0.717, 1.165) is 31.5 Å². The van der Waals surface area contributed by atoms with Crippen LogP contribution in [0.5, 0.6) is 0 Å². The van der Waals surface area contributed by atoms with Gasteiger partial charge in [0.15, 0.2) is 0 Å². The molecule has 0 fully saturated rings. The van der Waals surface area contributed by atoms with Crippen LogP contribution in [0.15, 0.2) is 23.3 Å². The van der Waals surface area contributed by atoms with Crippen LogP contribution in [0.1, 0.15) is 54.4 Å². The molecule has 0 spiro atoms. The highest BCUT2D eigenvalue weighted by atomic mass is 16.3. The summed E-state index contributed by atoms with van der Waals surface area (Å²) in [5.74, 6) is 4.22. The zero-order valence-corrected chi connectivity index (χ0v) is 16.8. The molecule has 1 N–H and O–H groups in total. The number of aliphatic hydroxyl groups excluding tert-OH is 1. The highest BCUT2D eigenvalue weighted by Gasteiger charge is 2.32. The minimum atomic E-state index is 0.273. The van der Waals surface area contributed by atoms with Crippen molar-refractivity contribution in [3.05, 3.63) is 23.3 Å². The van der Waals surface area contributed by atoms with E-state index < -0.39 is 0 Å². The summed E-state index contributed by atoms with van der Waals surface area (Å²) in [6.07, 6.45) is 7.42. The number of allylic oxidation sites excluding steroid dienone is 4. The van der Waals surface area contributed by atoms with Crippen LogP contribution in [0.2, 0.25) is 0 Å². The number of hydrogen-bond donors (Lipinski definition) is 1. The summed E-state index contributed by atoms with van der Waals surface area (Å²) >= 11 is 0. The largest absolute Gasteiger partial charge is 0.395 e. The van der Waals surface area contributed by atoms with E-state index in [1.807, 2.05) is 0 Å². The van der Waals surface area contributed by atoms with Crippen molar-refractivity contribution in [3.8, 4) is 0 Å². The van der Waals surface area contributed by atoms with Gasteiger partial charge in [-0.05, 0) is 62.2 Å². The summed E-state index contributed by atoms with van der Waals surface area (Å²) in [5, 5.41) is 9.58. The molecule has 24 heavy (non-hydrogen) atoms. The van der Waals surface area contributed by atoms with Gasteiger partial charge in [-0.3, -0.25) is 0 Å². The van der Waals surface area contributed by atoms with Gasteiger partial charge in [0.1, 0.15) is 0 Å². The molecule has 0 amide bonds. The van der Waals surface area contributed by atoms with Crippen molar-refractivity contribution in [1.29, 1.82) is 0 Å². The van der Waals surface area contributed by atoms with Gasteiger partial charge in [0, 0.05) is 19.6 Å². The van der Waals surface area contributed by atoms with Crippen molar-refractivity contribution in [2.75, 3.05) is 26.2 Å². The monoisotopic (exact) mass is 333 g/mol. The van der Waals surface area contributed by atoms with Gasteiger partial charge in [-0.25, -0.2) is 0 Å². The average Bonchev–Trinajstić information content (AvgIpc) is 2.46. The molecule has 2 rings (SSSR count). The van der Waals surface area contributed by atoms with Crippen molar-refractivity contribution >= 4 is 0 Å². The van der Waals surface area contributed by atoms with E-state index in [0.29, 0.717) is 23.7 Å². The molecule has 0 aliphatic heterocycles. The van der Waals surface area contributed by atoms with Crippen LogP contribution in [-0.4, -0.2) is 36.2 Å². The topological polar surface area (TPSA) is 23.5 Å². The van der Waals surface area contributed by atoms with Gasteiger partial charge in [-0.2, -0.15) is 0 Å². The van der Waals surface area contributed by atoms with Crippen molar-refractivity contribution in [3.63, 3.8) is 0 Å². The number of hydrogen-bond acceptors (Lipinski definition) is 2. The van der Waals surface area contributed by atoms with E-state index in [4.69, 9.17) is 0 Å². The Morgan fingerprint density at radius 2 is 1.29 bits per heavy atom. The maximum absolute atomic E-state index is 9.58. The van der Waals surface area contributed by atoms with Crippen molar-refractivity contribution in [1.82, 2.24) is 4.90 Å². The predicted octanol–water partition coefficient (Wildman–Crippen LogP) is 4.76. The summed E-state index contributed by atoms with van der Waals surface area (Å²) in [6, 6.07) is 0. The molecule has 0 radical (unpaired) electrons. The second kappa shape index (κ2) is 8.67. The van der Waals surface area contributed by atoms with Crippen LogP contribution >= 0.6 is 0 Å². The molecule has 2 heteroatoms.